The average Bonchev–Trinajstić information content (AvgIpc) is 3.17. The van der Waals surface area contributed by atoms with Crippen molar-refractivity contribution >= 4 is 27.4 Å². The number of hydrogen-bond acceptors (Lipinski definition) is 4. The molecule has 1 amide bonds. The summed E-state index contributed by atoms with van der Waals surface area (Å²) in [6.45, 7) is 2.76. The van der Waals surface area contributed by atoms with E-state index >= 15 is 0 Å². The molecular formula is C22H18BrN5O. The number of halogens is 1. The quantitative estimate of drug-likeness (QED) is 0.459. The van der Waals surface area contributed by atoms with E-state index in [4.69, 9.17) is 0 Å². The summed E-state index contributed by atoms with van der Waals surface area (Å²) in [5.41, 5.74) is 5.83. The fraction of sp³-hybridized carbons (Fsp3) is 0.182. The Balaban J connectivity index is 1.48. The van der Waals surface area contributed by atoms with Crippen LogP contribution >= 0.6 is 15.9 Å². The molecule has 0 radical (unpaired) electrons. The van der Waals surface area contributed by atoms with Crippen LogP contribution in [0.2, 0.25) is 0 Å². The lowest BCUT2D eigenvalue weighted by atomic mass is 9.90. The molecule has 0 spiro atoms. The Kier molecular flexibility index (Phi) is 4.39. The minimum atomic E-state index is -0.0450. The molecule has 1 aromatic carbocycles. The second-order valence-electron chi connectivity index (χ2n) is 7.21. The van der Waals surface area contributed by atoms with Crippen LogP contribution in [-0.2, 0) is 6.42 Å². The molecule has 0 N–H and O–H groups in total. The van der Waals surface area contributed by atoms with Crippen molar-refractivity contribution in [3.05, 3.63) is 82.6 Å². The van der Waals surface area contributed by atoms with Gasteiger partial charge in [-0.2, -0.15) is 5.10 Å². The van der Waals surface area contributed by atoms with Crippen LogP contribution in [0.4, 0.5) is 0 Å². The van der Waals surface area contributed by atoms with Gasteiger partial charge in [0.2, 0.25) is 0 Å². The third-order valence-corrected chi connectivity index (χ3v) is 5.95. The normalized spacial score (nSPS) is 16.1. The van der Waals surface area contributed by atoms with Gasteiger partial charge in [-0.25, -0.2) is 14.5 Å². The van der Waals surface area contributed by atoms with Crippen molar-refractivity contribution < 1.29 is 4.79 Å². The number of aromatic nitrogens is 4. The molecule has 1 atom stereocenters. The molecule has 4 heterocycles. The van der Waals surface area contributed by atoms with Gasteiger partial charge in [-0.1, -0.05) is 12.1 Å². The van der Waals surface area contributed by atoms with Crippen molar-refractivity contribution in [2.75, 3.05) is 6.54 Å². The summed E-state index contributed by atoms with van der Waals surface area (Å²) in [5, 5.41) is 4.48. The average molecular weight is 448 g/mol. The lowest BCUT2D eigenvalue weighted by Crippen LogP contribution is -2.39. The zero-order valence-electron chi connectivity index (χ0n) is 15.8. The number of fused-ring (bicyclic) bond motifs is 2. The monoisotopic (exact) mass is 447 g/mol. The number of benzene rings is 1. The first-order valence-electron chi connectivity index (χ1n) is 9.44. The van der Waals surface area contributed by atoms with Crippen LogP contribution in [0, 0.1) is 0 Å². The lowest BCUT2D eigenvalue weighted by Gasteiger charge is -2.35. The molecule has 7 heteroatoms. The fourth-order valence-corrected chi connectivity index (χ4v) is 4.26. The number of amides is 1. The van der Waals surface area contributed by atoms with E-state index in [9.17, 15) is 4.79 Å². The predicted octanol–water partition coefficient (Wildman–Crippen LogP) is 4.31. The van der Waals surface area contributed by atoms with E-state index in [0.717, 1.165) is 33.1 Å². The van der Waals surface area contributed by atoms with E-state index in [1.807, 2.05) is 29.3 Å². The number of carbonyl (C=O) groups is 1. The highest BCUT2D eigenvalue weighted by molar-refractivity contribution is 9.10. The van der Waals surface area contributed by atoms with Gasteiger partial charge in [-0.15, -0.1) is 0 Å². The van der Waals surface area contributed by atoms with Crippen molar-refractivity contribution in [2.45, 2.75) is 19.4 Å². The Bertz CT molecular complexity index is 1220. The van der Waals surface area contributed by atoms with E-state index in [0.29, 0.717) is 12.2 Å². The smallest absolute Gasteiger partial charge is 0.274 e. The van der Waals surface area contributed by atoms with Crippen LogP contribution in [0.5, 0.6) is 0 Å². The molecule has 1 aliphatic heterocycles. The number of carbonyl (C=O) groups excluding carboxylic acids is 1. The third kappa shape index (κ3) is 3.21. The molecule has 4 aromatic rings. The van der Waals surface area contributed by atoms with Crippen molar-refractivity contribution in [1.29, 1.82) is 0 Å². The summed E-state index contributed by atoms with van der Waals surface area (Å²) < 4.78 is 2.65. The predicted molar refractivity (Wildman–Crippen MR) is 114 cm³/mol. The maximum absolute atomic E-state index is 13.2. The maximum atomic E-state index is 13.2. The van der Waals surface area contributed by atoms with Gasteiger partial charge in [0.15, 0.2) is 5.69 Å². The fourth-order valence-electron chi connectivity index (χ4n) is 3.93. The van der Waals surface area contributed by atoms with Gasteiger partial charge in [-0.05, 0) is 70.2 Å². The molecule has 1 unspecified atom stereocenters. The van der Waals surface area contributed by atoms with Gasteiger partial charge in [0.1, 0.15) is 6.33 Å². The van der Waals surface area contributed by atoms with Crippen molar-refractivity contribution in [3.63, 3.8) is 0 Å². The van der Waals surface area contributed by atoms with Crippen LogP contribution in [-0.4, -0.2) is 36.9 Å². The van der Waals surface area contributed by atoms with Crippen LogP contribution < -0.4 is 0 Å². The van der Waals surface area contributed by atoms with E-state index in [-0.39, 0.29) is 11.9 Å². The first-order chi connectivity index (χ1) is 14.1. The number of pyridine rings is 1. The third-order valence-electron chi connectivity index (χ3n) is 5.48. The Morgan fingerprint density at radius 1 is 1.10 bits per heavy atom. The Hall–Kier alpha value is -3.06. The Labute approximate surface area is 176 Å². The van der Waals surface area contributed by atoms with Gasteiger partial charge >= 0.3 is 0 Å². The number of rotatable bonds is 2. The Morgan fingerprint density at radius 2 is 1.93 bits per heavy atom. The topological polar surface area (TPSA) is 63.4 Å². The molecule has 0 bridgehead atoms. The largest absolute Gasteiger partial charge is 0.330 e. The molecule has 0 aliphatic carbocycles. The zero-order chi connectivity index (χ0) is 20.0. The van der Waals surface area contributed by atoms with Gasteiger partial charge in [-0.3, -0.25) is 4.79 Å². The number of hydrogen-bond donors (Lipinski definition) is 0. The van der Waals surface area contributed by atoms with Gasteiger partial charge in [0.25, 0.3) is 5.91 Å². The summed E-state index contributed by atoms with van der Waals surface area (Å²) in [6.07, 6.45) is 7.82. The minimum Gasteiger partial charge on any atom is -0.330 e. The van der Waals surface area contributed by atoms with E-state index < -0.39 is 0 Å². The van der Waals surface area contributed by atoms with E-state index in [2.05, 4.69) is 56.1 Å². The highest BCUT2D eigenvalue weighted by Gasteiger charge is 2.30. The standard InChI is InChI=1S/C22H18BrN5O/c1-14-20-8-16(17-10-24-13-25-11-17)3-2-15(20)6-7-27(14)22(29)21-9-19-5-4-18(23)12-28(19)26-21/h2-5,8-14H,6-7H2,1H3. The molecule has 0 saturated heterocycles. The number of nitrogens with zero attached hydrogens (tertiary/aromatic N) is 5. The highest BCUT2D eigenvalue weighted by Crippen LogP contribution is 2.33. The molecule has 144 valence electrons. The van der Waals surface area contributed by atoms with Crippen LogP contribution in [0.25, 0.3) is 16.6 Å². The molecule has 6 nitrogen and oxygen atoms in total. The molecular weight excluding hydrogens is 430 g/mol. The van der Waals surface area contributed by atoms with Crippen LogP contribution in [0.3, 0.4) is 0 Å². The van der Waals surface area contributed by atoms with Crippen molar-refractivity contribution in [2.24, 2.45) is 0 Å². The first kappa shape index (κ1) is 18.0. The zero-order valence-corrected chi connectivity index (χ0v) is 17.4. The summed E-state index contributed by atoms with van der Waals surface area (Å²) in [6, 6.07) is 12.1. The van der Waals surface area contributed by atoms with Gasteiger partial charge in [0.05, 0.1) is 11.6 Å². The van der Waals surface area contributed by atoms with Crippen LogP contribution in [0.15, 0.2) is 65.8 Å². The molecule has 5 rings (SSSR count). The second kappa shape index (κ2) is 7.08. The SMILES string of the molecule is CC1c2cc(-c3cncnc3)ccc2CCN1C(=O)c1cc2ccc(Br)cn2n1. The lowest BCUT2D eigenvalue weighted by molar-refractivity contribution is 0.0671. The molecule has 29 heavy (non-hydrogen) atoms. The molecule has 1 aliphatic rings. The minimum absolute atomic E-state index is 0.0348. The van der Waals surface area contributed by atoms with Crippen molar-refractivity contribution in [3.8, 4) is 11.1 Å². The summed E-state index contributed by atoms with van der Waals surface area (Å²) >= 11 is 3.44. The van der Waals surface area contributed by atoms with E-state index in [1.165, 1.54) is 11.9 Å². The van der Waals surface area contributed by atoms with Crippen LogP contribution in [0.1, 0.15) is 34.6 Å². The van der Waals surface area contributed by atoms with E-state index in [1.54, 1.807) is 16.9 Å². The Morgan fingerprint density at radius 3 is 2.76 bits per heavy atom. The molecule has 0 fully saturated rings. The summed E-state index contributed by atoms with van der Waals surface area (Å²) in [4.78, 5) is 23.4. The molecule has 3 aromatic heterocycles. The summed E-state index contributed by atoms with van der Waals surface area (Å²) in [5.74, 6) is -0.0450. The first-order valence-corrected chi connectivity index (χ1v) is 10.2. The second-order valence-corrected chi connectivity index (χ2v) is 8.13. The maximum Gasteiger partial charge on any atom is 0.274 e. The van der Waals surface area contributed by atoms with Gasteiger partial charge in [0, 0.05) is 35.2 Å². The van der Waals surface area contributed by atoms with Gasteiger partial charge < -0.3 is 4.90 Å². The van der Waals surface area contributed by atoms with Crippen molar-refractivity contribution in [1.82, 2.24) is 24.5 Å². The highest BCUT2D eigenvalue weighted by atomic mass is 79.9. The summed E-state index contributed by atoms with van der Waals surface area (Å²) in [7, 11) is 0. The molecule has 0 saturated carbocycles.